The van der Waals surface area contributed by atoms with Crippen LogP contribution in [0, 0.1) is 17.0 Å². The molecule has 0 saturated heterocycles. The molecule has 0 unspecified atom stereocenters. The van der Waals surface area contributed by atoms with Gasteiger partial charge in [0.1, 0.15) is 5.82 Å². The average Bonchev–Trinajstić information content (AvgIpc) is 2.84. The molecule has 0 aliphatic rings. The third kappa shape index (κ3) is 2.85. The summed E-state index contributed by atoms with van der Waals surface area (Å²) in [5.41, 5.74) is 1.55. The lowest BCUT2D eigenvalue weighted by molar-refractivity contribution is -0.385. The van der Waals surface area contributed by atoms with Gasteiger partial charge in [-0.3, -0.25) is 10.1 Å². The predicted molar refractivity (Wildman–Crippen MR) is 68.6 cm³/mol. The fourth-order valence-corrected chi connectivity index (χ4v) is 1.68. The van der Waals surface area contributed by atoms with E-state index in [0.29, 0.717) is 12.1 Å². The Morgan fingerprint density at radius 2 is 2.33 bits per heavy atom. The van der Waals surface area contributed by atoms with Crippen LogP contribution in [0.15, 0.2) is 30.6 Å². The highest BCUT2D eigenvalue weighted by Gasteiger charge is 2.10. The Labute approximate surface area is 104 Å². The van der Waals surface area contributed by atoms with Gasteiger partial charge in [0.2, 0.25) is 0 Å². The molecule has 0 bridgehead atoms. The minimum absolute atomic E-state index is 0.137. The van der Waals surface area contributed by atoms with Gasteiger partial charge in [0.25, 0.3) is 5.69 Å². The number of aromatic amines is 1. The monoisotopic (exact) mass is 246 g/mol. The lowest BCUT2D eigenvalue weighted by Gasteiger charge is -2.06. The van der Waals surface area contributed by atoms with Crippen LogP contribution in [0.25, 0.3) is 0 Å². The van der Waals surface area contributed by atoms with E-state index in [9.17, 15) is 10.1 Å². The largest absolute Gasteiger partial charge is 0.384 e. The first-order valence-corrected chi connectivity index (χ1v) is 5.64. The summed E-state index contributed by atoms with van der Waals surface area (Å²) in [7, 11) is 0. The number of anilines is 1. The number of imidazole rings is 1. The number of H-pyrrole nitrogens is 1. The molecule has 18 heavy (non-hydrogen) atoms. The van der Waals surface area contributed by atoms with E-state index < -0.39 is 0 Å². The van der Waals surface area contributed by atoms with Crippen LogP contribution in [0.3, 0.4) is 0 Å². The highest BCUT2D eigenvalue weighted by Crippen LogP contribution is 2.22. The Balaban J connectivity index is 1.97. The van der Waals surface area contributed by atoms with Crippen molar-refractivity contribution in [3.63, 3.8) is 0 Å². The maximum absolute atomic E-state index is 10.8. The van der Waals surface area contributed by atoms with Gasteiger partial charge in [-0.25, -0.2) is 4.98 Å². The maximum Gasteiger partial charge on any atom is 0.274 e. The smallest absolute Gasteiger partial charge is 0.274 e. The van der Waals surface area contributed by atoms with E-state index in [0.717, 1.165) is 17.9 Å². The lowest BCUT2D eigenvalue weighted by Crippen LogP contribution is -2.06. The van der Waals surface area contributed by atoms with Gasteiger partial charge in [-0.1, -0.05) is 6.07 Å². The molecule has 0 atom stereocenters. The Kier molecular flexibility index (Phi) is 3.57. The number of nitrogens with one attached hydrogen (secondary N) is 2. The van der Waals surface area contributed by atoms with Crippen LogP contribution in [-0.4, -0.2) is 21.4 Å². The summed E-state index contributed by atoms with van der Waals surface area (Å²) in [6.45, 7) is 2.40. The molecule has 94 valence electrons. The number of aryl methyl sites for hydroxylation is 1. The first kappa shape index (κ1) is 12.1. The number of benzene rings is 1. The van der Waals surface area contributed by atoms with Gasteiger partial charge in [0.15, 0.2) is 0 Å². The molecular weight excluding hydrogens is 232 g/mol. The normalized spacial score (nSPS) is 10.3. The Morgan fingerprint density at radius 1 is 1.50 bits per heavy atom. The molecule has 0 radical (unpaired) electrons. The number of nitro benzene ring substituents is 1. The Morgan fingerprint density at radius 3 is 3.00 bits per heavy atom. The van der Waals surface area contributed by atoms with E-state index >= 15 is 0 Å². The van der Waals surface area contributed by atoms with Gasteiger partial charge in [0, 0.05) is 42.7 Å². The summed E-state index contributed by atoms with van der Waals surface area (Å²) in [6.07, 6.45) is 4.22. The topological polar surface area (TPSA) is 83.8 Å². The van der Waals surface area contributed by atoms with E-state index in [1.807, 2.05) is 6.07 Å². The van der Waals surface area contributed by atoms with Gasteiger partial charge in [-0.2, -0.15) is 0 Å². The molecule has 1 aromatic heterocycles. The fraction of sp³-hybridized carbons (Fsp3) is 0.250. The number of hydrogen-bond donors (Lipinski definition) is 2. The SMILES string of the molecule is Cc1ccc(NCCc2ncc[nH]2)cc1[N+](=O)[O-]. The van der Waals surface area contributed by atoms with Crippen molar-refractivity contribution in [3.8, 4) is 0 Å². The van der Waals surface area contributed by atoms with Crippen LogP contribution >= 0.6 is 0 Å². The van der Waals surface area contributed by atoms with E-state index in [2.05, 4.69) is 15.3 Å². The molecule has 1 heterocycles. The van der Waals surface area contributed by atoms with Crippen molar-refractivity contribution in [2.24, 2.45) is 0 Å². The molecule has 0 aliphatic carbocycles. The molecular formula is C12H14N4O2. The number of nitrogens with zero attached hydrogens (tertiary/aromatic N) is 2. The van der Waals surface area contributed by atoms with Crippen LogP contribution in [-0.2, 0) is 6.42 Å². The molecule has 6 nitrogen and oxygen atoms in total. The van der Waals surface area contributed by atoms with E-state index in [-0.39, 0.29) is 10.6 Å². The first-order valence-electron chi connectivity index (χ1n) is 5.64. The van der Waals surface area contributed by atoms with Crippen molar-refractivity contribution < 1.29 is 4.92 Å². The van der Waals surface area contributed by atoms with Gasteiger partial charge in [-0.15, -0.1) is 0 Å². The highest BCUT2D eigenvalue weighted by molar-refractivity contribution is 5.54. The van der Waals surface area contributed by atoms with Crippen LogP contribution in [0.2, 0.25) is 0 Å². The summed E-state index contributed by atoms with van der Waals surface area (Å²) < 4.78 is 0. The van der Waals surface area contributed by atoms with Crippen molar-refractivity contribution in [2.75, 3.05) is 11.9 Å². The average molecular weight is 246 g/mol. The van der Waals surface area contributed by atoms with Crippen LogP contribution in [0.4, 0.5) is 11.4 Å². The van der Waals surface area contributed by atoms with E-state index in [4.69, 9.17) is 0 Å². The zero-order valence-corrected chi connectivity index (χ0v) is 10.0. The molecule has 2 aromatic rings. The second kappa shape index (κ2) is 5.31. The molecule has 0 fully saturated rings. The van der Waals surface area contributed by atoms with Crippen molar-refractivity contribution in [3.05, 3.63) is 52.1 Å². The number of nitro groups is 1. The fourth-order valence-electron chi connectivity index (χ4n) is 1.68. The lowest BCUT2D eigenvalue weighted by atomic mass is 10.2. The van der Waals surface area contributed by atoms with Gasteiger partial charge >= 0.3 is 0 Å². The molecule has 0 saturated carbocycles. The molecule has 2 rings (SSSR count). The van der Waals surface area contributed by atoms with Gasteiger partial charge in [-0.05, 0) is 13.0 Å². The second-order valence-electron chi connectivity index (χ2n) is 3.97. The zero-order valence-electron chi connectivity index (χ0n) is 10.0. The molecule has 2 N–H and O–H groups in total. The standard InChI is InChI=1S/C12H14N4O2/c1-9-2-3-10(8-11(9)16(17)18)13-5-4-12-14-6-7-15-12/h2-3,6-8,13H,4-5H2,1H3,(H,14,15). The maximum atomic E-state index is 10.8. The Bertz CT molecular complexity index is 537. The minimum atomic E-state index is -0.368. The Hall–Kier alpha value is -2.37. The summed E-state index contributed by atoms with van der Waals surface area (Å²) in [5, 5.41) is 13.9. The first-order chi connectivity index (χ1) is 8.66. The third-order valence-electron chi connectivity index (χ3n) is 2.65. The quantitative estimate of drug-likeness (QED) is 0.626. The summed E-state index contributed by atoms with van der Waals surface area (Å²) in [5.74, 6) is 0.893. The van der Waals surface area contributed by atoms with Crippen molar-refractivity contribution >= 4 is 11.4 Å². The number of rotatable bonds is 5. The van der Waals surface area contributed by atoms with Crippen molar-refractivity contribution in [1.82, 2.24) is 9.97 Å². The van der Waals surface area contributed by atoms with Crippen molar-refractivity contribution in [2.45, 2.75) is 13.3 Å². The van der Waals surface area contributed by atoms with Gasteiger partial charge in [0.05, 0.1) is 4.92 Å². The predicted octanol–water partition coefficient (Wildman–Crippen LogP) is 2.28. The third-order valence-corrected chi connectivity index (χ3v) is 2.65. The molecule has 1 aromatic carbocycles. The van der Waals surface area contributed by atoms with E-state index in [1.165, 1.54) is 0 Å². The van der Waals surface area contributed by atoms with Crippen LogP contribution in [0.5, 0.6) is 0 Å². The van der Waals surface area contributed by atoms with E-state index in [1.54, 1.807) is 31.5 Å². The highest BCUT2D eigenvalue weighted by atomic mass is 16.6. The minimum Gasteiger partial charge on any atom is -0.384 e. The zero-order chi connectivity index (χ0) is 13.0. The van der Waals surface area contributed by atoms with Crippen molar-refractivity contribution in [1.29, 1.82) is 0 Å². The summed E-state index contributed by atoms with van der Waals surface area (Å²) in [6, 6.07) is 5.13. The number of aromatic nitrogens is 2. The molecule has 6 heteroatoms. The summed E-state index contributed by atoms with van der Waals surface area (Å²) in [4.78, 5) is 17.5. The van der Waals surface area contributed by atoms with Crippen LogP contribution in [0.1, 0.15) is 11.4 Å². The number of hydrogen-bond acceptors (Lipinski definition) is 4. The van der Waals surface area contributed by atoms with Crippen LogP contribution < -0.4 is 5.32 Å². The molecule has 0 amide bonds. The molecule has 0 spiro atoms. The second-order valence-corrected chi connectivity index (χ2v) is 3.97. The molecule has 0 aliphatic heterocycles. The summed E-state index contributed by atoms with van der Waals surface area (Å²) >= 11 is 0. The van der Waals surface area contributed by atoms with Gasteiger partial charge < -0.3 is 10.3 Å².